The number of carbonyl (C=O) groups is 1. The number of benzene rings is 3. The van der Waals surface area contributed by atoms with E-state index in [4.69, 9.17) is 9.15 Å². The van der Waals surface area contributed by atoms with Crippen LogP contribution in [-0.2, 0) is 0 Å². The Morgan fingerprint density at radius 1 is 0.935 bits per heavy atom. The van der Waals surface area contributed by atoms with Gasteiger partial charge in [0.1, 0.15) is 11.3 Å². The van der Waals surface area contributed by atoms with E-state index < -0.39 is 6.04 Å². The smallest absolute Gasteiger partial charge is 0.295 e. The van der Waals surface area contributed by atoms with Crippen LogP contribution < -0.4 is 15.1 Å². The van der Waals surface area contributed by atoms with Crippen molar-refractivity contribution in [2.45, 2.75) is 6.04 Å². The third-order valence-electron chi connectivity index (χ3n) is 5.33. The number of hydrogen-bond acceptors (Lipinski definition) is 4. The van der Waals surface area contributed by atoms with Crippen molar-refractivity contribution in [2.75, 3.05) is 12.0 Å². The molecule has 7 heteroatoms. The number of ether oxygens (including phenoxy) is 1. The van der Waals surface area contributed by atoms with Gasteiger partial charge in [0.25, 0.3) is 5.91 Å². The van der Waals surface area contributed by atoms with Crippen LogP contribution in [0.2, 0.25) is 0 Å². The van der Waals surface area contributed by atoms with Gasteiger partial charge in [-0.25, -0.2) is 0 Å². The second-order valence-corrected chi connectivity index (χ2v) is 8.98. The Labute approximate surface area is 194 Å². The number of nitrogens with zero attached hydrogens (tertiary/aromatic N) is 1. The normalized spacial score (nSPS) is 15.4. The predicted octanol–water partition coefficient (Wildman–Crippen LogP) is 6.08. The lowest BCUT2D eigenvalue weighted by atomic mass is 9.98. The molecule has 0 N–H and O–H groups in total. The molecule has 1 aliphatic heterocycles. The van der Waals surface area contributed by atoms with E-state index in [2.05, 4.69) is 31.9 Å². The monoisotopic (exact) mass is 539 g/mol. The summed E-state index contributed by atoms with van der Waals surface area (Å²) in [7, 11) is 1.58. The van der Waals surface area contributed by atoms with Crippen molar-refractivity contribution in [1.29, 1.82) is 0 Å². The molecule has 1 aliphatic rings. The molecule has 0 saturated carbocycles. The zero-order valence-corrected chi connectivity index (χ0v) is 19.4. The Hall–Kier alpha value is -2.90. The molecular formula is C24H15Br2NO4. The molecule has 5 nitrogen and oxygen atoms in total. The molecule has 0 aliphatic carbocycles. The Bertz CT molecular complexity index is 1410. The molecule has 31 heavy (non-hydrogen) atoms. The third kappa shape index (κ3) is 3.28. The minimum Gasteiger partial charge on any atom is -0.497 e. The average molecular weight is 541 g/mol. The molecule has 1 unspecified atom stereocenters. The first-order valence-corrected chi connectivity index (χ1v) is 11.1. The maximum Gasteiger partial charge on any atom is 0.295 e. The number of halogens is 2. The summed E-state index contributed by atoms with van der Waals surface area (Å²) in [5.41, 5.74) is 1.89. The molecule has 1 amide bonds. The summed E-state index contributed by atoms with van der Waals surface area (Å²) in [6, 6.07) is 19.3. The second-order valence-electron chi connectivity index (χ2n) is 7.15. The van der Waals surface area contributed by atoms with Gasteiger partial charge in [0, 0.05) is 14.6 Å². The van der Waals surface area contributed by atoms with Crippen LogP contribution in [0.1, 0.15) is 27.7 Å². The van der Waals surface area contributed by atoms with Crippen LogP contribution in [0.3, 0.4) is 0 Å². The van der Waals surface area contributed by atoms with Crippen molar-refractivity contribution >= 4 is 54.4 Å². The van der Waals surface area contributed by atoms with E-state index in [9.17, 15) is 9.59 Å². The number of anilines is 1. The molecule has 0 spiro atoms. The summed E-state index contributed by atoms with van der Waals surface area (Å²) in [5.74, 6) is 0.343. The number of amides is 1. The van der Waals surface area contributed by atoms with E-state index in [1.54, 1.807) is 30.2 Å². The van der Waals surface area contributed by atoms with Crippen molar-refractivity contribution < 1.29 is 13.9 Å². The maximum atomic E-state index is 13.6. The van der Waals surface area contributed by atoms with Crippen LogP contribution in [0.25, 0.3) is 11.0 Å². The SMILES string of the molecule is COc1cccc(C2c3c(oc4ccc(Br)cc4c3=O)C(=O)N2c2cccc(Br)c2)c1. The molecule has 5 rings (SSSR count). The summed E-state index contributed by atoms with van der Waals surface area (Å²) in [4.78, 5) is 28.7. The summed E-state index contributed by atoms with van der Waals surface area (Å²) in [6.45, 7) is 0. The van der Waals surface area contributed by atoms with Crippen molar-refractivity contribution in [3.05, 3.63) is 103 Å². The van der Waals surface area contributed by atoms with E-state index >= 15 is 0 Å². The van der Waals surface area contributed by atoms with Crippen LogP contribution in [0.15, 0.2) is 84.9 Å². The number of fused-ring (bicyclic) bond motifs is 2. The highest BCUT2D eigenvalue weighted by molar-refractivity contribution is 9.10. The van der Waals surface area contributed by atoms with Gasteiger partial charge < -0.3 is 9.15 Å². The fourth-order valence-corrected chi connectivity index (χ4v) is 4.71. The summed E-state index contributed by atoms with van der Waals surface area (Å²) in [6.07, 6.45) is 0. The zero-order valence-electron chi connectivity index (χ0n) is 16.3. The number of hydrogen-bond donors (Lipinski definition) is 0. The van der Waals surface area contributed by atoms with Gasteiger partial charge >= 0.3 is 0 Å². The van der Waals surface area contributed by atoms with Crippen LogP contribution in [0, 0.1) is 0 Å². The lowest BCUT2D eigenvalue weighted by molar-refractivity contribution is 0.0971. The van der Waals surface area contributed by atoms with Gasteiger partial charge in [-0.05, 0) is 54.1 Å². The number of methoxy groups -OCH3 is 1. The highest BCUT2D eigenvalue weighted by atomic mass is 79.9. The molecular weight excluding hydrogens is 526 g/mol. The van der Waals surface area contributed by atoms with Gasteiger partial charge in [0.2, 0.25) is 5.76 Å². The fraction of sp³-hybridized carbons (Fsp3) is 0.0833. The van der Waals surface area contributed by atoms with Crippen molar-refractivity contribution in [1.82, 2.24) is 0 Å². The standard InChI is InChI=1S/C24H15Br2NO4/c1-30-17-7-2-4-13(10-17)21-20-22(28)18-12-15(26)8-9-19(18)31-23(20)24(29)27(21)16-6-3-5-14(25)11-16/h2-12,21H,1H3. The van der Waals surface area contributed by atoms with Crippen LogP contribution in [0.4, 0.5) is 5.69 Å². The summed E-state index contributed by atoms with van der Waals surface area (Å²) in [5, 5.41) is 0.421. The van der Waals surface area contributed by atoms with E-state index in [1.165, 1.54) is 0 Å². The minimum absolute atomic E-state index is 0.0626. The van der Waals surface area contributed by atoms with Crippen LogP contribution in [0.5, 0.6) is 5.75 Å². The highest BCUT2D eigenvalue weighted by Gasteiger charge is 2.43. The lowest BCUT2D eigenvalue weighted by Gasteiger charge is -2.25. The summed E-state index contributed by atoms with van der Waals surface area (Å²) < 4.78 is 13.0. The first-order valence-electron chi connectivity index (χ1n) is 9.47. The Morgan fingerprint density at radius 2 is 1.71 bits per heavy atom. The molecule has 0 saturated heterocycles. The number of rotatable bonds is 3. The molecule has 0 radical (unpaired) electrons. The predicted molar refractivity (Wildman–Crippen MR) is 126 cm³/mol. The van der Waals surface area contributed by atoms with Gasteiger partial charge in [-0.2, -0.15) is 0 Å². The van der Waals surface area contributed by atoms with Gasteiger partial charge in [0.15, 0.2) is 5.43 Å². The zero-order chi connectivity index (χ0) is 21.7. The second kappa shape index (κ2) is 7.66. The fourth-order valence-electron chi connectivity index (χ4n) is 3.96. The van der Waals surface area contributed by atoms with Crippen LogP contribution >= 0.6 is 31.9 Å². The third-order valence-corrected chi connectivity index (χ3v) is 6.31. The van der Waals surface area contributed by atoms with E-state index in [-0.39, 0.29) is 17.1 Å². The van der Waals surface area contributed by atoms with Gasteiger partial charge in [-0.15, -0.1) is 0 Å². The topological polar surface area (TPSA) is 59.8 Å². The van der Waals surface area contributed by atoms with E-state index in [0.29, 0.717) is 28.0 Å². The molecule has 3 aromatic carbocycles. The van der Waals surface area contributed by atoms with E-state index in [1.807, 2.05) is 48.5 Å². The summed E-state index contributed by atoms with van der Waals surface area (Å²) >= 11 is 6.89. The minimum atomic E-state index is -0.647. The first kappa shape index (κ1) is 20.0. The molecule has 1 atom stereocenters. The molecule has 1 aromatic heterocycles. The van der Waals surface area contributed by atoms with E-state index in [0.717, 1.165) is 14.5 Å². The van der Waals surface area contributed by atoms with Gasteiger partial charge in [-0.3, -0.25) is 14.5 Å². The van der Waals surface area contributed by atoms with Gasteiger partial charge in [0.05, 0.1) is 24.1 Å². The Morgan fingerprint density at radius 3 is 2.48 bits per heavy atom. The van der Waals surface area contributed by atoms with Gasteiger partial charge in [-0.1, -0.05) is 50.1 Å². The number of carbonyl (C=O) groups excluding carboxylic acids is 1. The average Bonchev–Trinajstić information content (AvgIpc) is 3.07. The Kier molecular flexibility index (Phi) is 4.95. The lowest BCUT2D eigenvalue weighted by Crippen LogP contribution is -2.29. The maximum absolute atomic E-state index is 13.6. The molecule has 4 aromatic rings. The van der Waals surface area contributed by atoms with Crippen LogP contribution in [-0.4, -0.2) is 13.0 Å². The first-order chi connectivity index (χ1) is 15.0. The quantitative estimate of drug-likeness (QED) is 0.316. The van der Waals surface area contributed by atoms with Crippen molar-refractivity contribution in [2.24, 2.45) is 0 Å². The molecule has 2 heterocycles. The van der Waals surface area contributed by atoms with Crippen molar-refractivity contribution in [3.8, 4) is 5.75 Å². The molecule has 0 bridgehead atoms. The molecule has 0 fully saturated rings. The molecule has 154 valence electrons. The highest BCUT2D eigenvalue weighted by Crippen LogP contribution is 2.42. The Balaban J connectivity index is 1.83. The van der Waals surface area contributed by atoms with Crippen molar-refractivity contribution in [3.63, 3.8) is 0 Å². The largest absolute Gasteiger partial charge is 0.497 e.